The van der Waals surface area contributed by atoms with E-state index >= 15 is 0 Å². The van der Waals surface area contributed by atoms with Crippen LogP contribution in [-0.2, 0) is 0 Å². The third-order valence-corrected chi connectivity index (χ3v) is 3.95. The van der Waals surface area contributed by atoms with E-state index in [1.807, 2.05) is 17.5 Å². The van der Waals surface area contributed by atoms with E-state index < -0.39 is 0 Å². The molecule has 1 heterocycles. The molecule has 0 fully saturated rings. The zero-order valence-corrected chi connectivity index (χ0v) is 12.5. The van der Waals surface area contributed by atoms with E-state index in [4.69, 9.17) is 0 Å². The number of amides is 1. The highest BCUT2D eigenvalue weighted by molar-refractivity contribution is 14.1. The number of hydrogen-bond donors (Lipinski definition) is 1. The number of halogens is 2. The van der Waals surface area contributed by atoms with E-state index in [0.29, 0.717) is 10.7 Å². The first-order chi connectivity index (χ1) is 7.66. The molecule has 0 unspecified atom stereocenters. The van der Waals surface area contributed by atoms with Crippen LogP contribution in [-0.4, -0.2) is 10.9 Å². The summed E-state index contributed by atoms with van der Waals surface area (Å²) in [4.78, 5) is 15.9. The summed E-state index contributed by atoms with van der Waals surface area (Å²) >= 11 is 6.88. The lowest BCUT2D eigenvalue weighted by Crippen LogP contribution is -2.13. The molecule has 0 bridgehead atoms. The highest BCUT2D eigenvalue weighted by Crippen LogP contribution is 2.20. The minimum absolute atomic E-state index is 0.138. The van der Waals surface area contributed by atoms with Crippen LogP contribution in [0.3, 0.4) is 0 Å². The fourth-order valence-corrected chi connectivity index (χ4v) is 2.59. The van der Waals surface area contributed by atoms with Gasteiger partial charge in [-0.2, -0.15) is 0 Å². The predicted octanol–water partition coefficient (Wildman–Crippen LogP) is 3.76. The zero-order valence-electron chi connectivity index (χ0n) is 7.91. The van der Waals surface area contributed by atoms with Crippen molar-refractivity contribution in [1.82, 2.24) is 4.98 Å². The summed E-state index contributed by atoms with van der Waals surface area (Å²) in [5.41, 5.74) is 0.644. The average Bonchev–Trinajstić information content (AvgIpc) is 2.74. The number of rotatable bonds is 2. The Morgan fingerprint density at radius 3 is 3.00 bits per heavy atom. The quantitative estimate of drug-likeness (QED) is 0.768. The molecule has 0 aliphatic carbocycles. The van der Waals surface area contributed by atoms with Gasteiger partial charge in [0.05, 0.1) is 5.56 Å². The van der Waals surface area contributed by atoms with Crippen LogP contribution in [0.1, 0.15) is 10.4 Å². The van der Waals surface area contributed by atoms with E-state index in [1.165, 1.54) is 11.3 Å². The Labute approximate surface area is 119 Å². The molecular weight excluding hydrogens is 403 g/mol. The first kappa shape index (κ1) is 12.0. The second-order valence-corrected chi connectivity index (χ2v) is 5.89. The number of nitrogens with one attached hydrogen (secondary N) is 1. The fraction of sp³-hybridized carbons (Fsp3) is 0. The molecule has 6 heteroatoms. The summed E-state index contributed by atoms with van der Waals surface area (Å²) in [6.45, 7) is 0. The number of carbonyl (C=O) groups is 1. The molecule has 0 saturated carbocycles. The Hall–Kier alpha value is -0.470. The maximum absolute atomic E-state index is 11.9. The molecule has 1 amide bonds. The number of aromatic nitrogens is 1. The zero-order chi connectivity index (χ0) is 11.5. The highest BCUT2D eigenvalue weighted by Gasteiger charge is 2.11. The van der Waals surface area contributed by atoms with Crippen LogP contribution < -0.4 is 5.32 Å². The van der Waals surface area contributed by atoms with E-state index in [9.17, 15) is 4.79 Å². The summed E-state index contributed by atoms with van der Waals surface area (Å²) in [6.07, 6.45) is 1.66. The molecule has 1 N–H and O–H groups in total. The lowest BCUT2D eigenvalue weighted by atomic mass is 10.2. The van der Waals surface area contributed by atoms with Gasteiger partial charge in [0, 0.05) is 19.6 Å². The van der Waals surface area contributed by atoms with E-state index in [0.717, 1.165) is 8.04 Å². The summed E-state index contributed by atoms with van der Waals surface area (Å²) in [5.74, 6) is -0.138. The summed E-state index contributed by atoms with van der Waals surface area (Å²) < 4.78 is 1.80. The Kier molecular flexibility index (Phi) is 3.93. The van der Waals surface area contributed by atoms with Crippen molar-refractivity contribution in [1.29, 1.82) is 0 Å². The van der Waals surface area contributed by atoms with Gasteiger partial charge in [0.2, 0.25) is 0 Å². The molecule has 1 aromatic carbocycles. The van der Waals surface area contributed by atoms with Crippen molar-refractivity contribution in [2.45, 2.75) is 0 Å². The SMILES string of the molecule is O=C(Nc1nccs1)c1cc(Br)ccc1I. The Bertz CT molecular complexity index is 516. The molecule has 0 spiro atoms. The smallest absolute Gasteiger partial charge is 0.258 e. The number of hydrogen-bond acceptors (Lipinski definition) is 3. The van der Waals surface area contributed by atoms with Crippen molar-refractivity contribution in [2.24, 2.45) is 0 Å². The summed E-state index contributed by atoms with van der Waals surface area (Å²) in [6, 6.07) is 5.59. The first-order valence-electron chi connectivity index (χ1n) is 4.33. The molecular formula is C10H6BrIN2OS. The lowest BCUT2D eigenvalue weighted by Gasteiger charge is -2.04. The minimum atomic E-state index is -0.138. The molecule has 0 aliphatic rings. The van der Waals surface area contributed by atoms with Crippen LogP contribution in [0.15, 0.2) is 34.2 Å². The second-order valence-electron chi connectivity index (χ2n) is 2.92. The van der Waals surface area contributed by atoms with Crippen molar-refractivity contribution < 1.29 is 4.79 Å². The molecule has 82 valence electrons. The van der Waals surface area contributed by atoms with Crippen molar-refractivity contribution in [2.75, 3.05) is 5.32 Å². The number of nitrogens with zero attached hydrogens (tertiary/aromatic N) is 1. The fourth-order valence-electron chi connectivity index (χ4n) is 1.12. The molecule has 0 saturated heterocycles. The molecule has 2 aromatic rings. The standard InChI is InChI=1S/C10H6BrIN2OS/c11-6-1-2-8(12)7(5-6)9(15)14-10-13-3-4-16-10/h1-5H,(H,13,14,15). The monoisotopic (exact) mass is 408 g/mol. The van der Waals surface area contributed by atoms with Crippen molar-refractivity contribution >= 4 is 60.9 Å². The number of benzene rings is 1. The summed E-state index contributed by atoms with van der Waals surface area (Å²) in [5, 5.41) is 5.18. The number of carbonyl (C=O) groups excluding carboxylic acids is 1. The van der Waals surface area contributed by atoms with Crippen LogP contribution in [0.4, 0.5) is 5.13 Å². The molecule has 0 radical (unpaired) electrons. The molecule has 3 nitrogen and oxygen atoms in total. The van der Waals surface area contributed by atoms with Gasteiger partial charge in [-0.05, 0) is 40.8 Å². The van der Waals surface area contributed by atoms with Gasteiger partial charge in [-0.1, -0.05) is 15.9 Å². The van der Waals surface area contributed by atoms with Crippen LogP contribution >= 0.6 is 49.9 Å². The van der Waals surface area contributed by atoms with E-state index in [2.05, 4.69) is 48.8 Å². The Balaban J connectivity index is 2.24. The maximum Gasteiger partial charge on any atom is 0.258 e. The minimum Gasteiger partial charge on any atom is -0.298 e. The van der Waals surface area contributed by atoms with Crippen LogP contribution in [0.25, 0.3) is 0 Å². The number of thiazole rings is 1. The normalized spacial score (nSPS) is 10.1. The second kappa shape index (κ2) is 5.24. The van der Waals surface area contributed by atoms with Crippen LogP contribution in [0.5, 0.6) is 0 Å². The van der Waals surface area contributed by atoms with Gasteiger partial charge in [-0.3, -0.25) is 10.1 Å². The van der Waals surface area contributed by atoms with Gasteiger partial charge < -0.3 is 0 Å². The molecule has 0 aliphatic heterocycles. The lowest BCUT2D eigenvalue weighted by molar-refractivity contribution is 0.102. The Morgan fingerprint density at radius 1 is 1.50 bits per heavy atom. The third-order valence-electron chi connectivity index (χ3n) is 1.83. The molecule has 16 heavy (non-hydrogen) atoms. The van der Waals surface area contributed by atoms with Gasteiger partial charge in [0.25, 0.3) is 5.91 Å². The third kappa shape index (κ3) is 2.80. The molecule has 1 aromatic heterocycles. The van der Waals surface area contributed by atoms with Gasteiger partial charge in [0.15, 0.2) is 5.13 Å². The molecule has 2 rings (SSSR count). The Morgan fingerprint density at radius 2 is 2.31 bits per heavy atom. The van der Waals surface area contributed by atoms with E-state index in [-0.39, 0.29) is 5.91 Å². The van der Waals surface area contributed by atoms with Crippen molar-refractivity contribution in [3.63, 3.8) is 0 Å². The van der Waals surface area contributed by atoms with Gasteiger partial charge in [-0.25, -0.2) is 4.98 Å². The van der Waals surface area contributed by atoms with Crippen molar-refractivity contribution in [3.8, 4) is 0 Å². The predicted molar refractivity (Wildman–Crippen MR) is 76.9 cm³/mol. The van der Waals surface area contributed by atoms with Gasteiger partial charge in [-0.15, -0.1) is 11.3 Å². The topological polar surface area (TPSA) is 42.0 Å². The first-order valence-corrected chi connectivity index (χ1v) is 7.08. The van der Waals surface area contributed by atoms with E-state index in [1.54, 1.807) is 12.3 Å². The van der Waals surface area contributed by atoms with Gasteiger partial charge in [0.1, 0.15) is 0 Å². The highest BCUT2D eigenvalue weighted by atomic mass is 127. The maximum atomic E-state index is 11.9. The summed E-state index contributed by atoms with van der Waals surface area (Å²) in [7, 11) is 0. The average molecular weight is 409 g/mol. The van der Waals surface area contributed by atoms with Crippen molar-refractivity contribution in [3.05, 3.63) is 43.4 Å². The number of anilines is 1. The molecule has 0 atom stereocenters. The van der Waals surface area contributed by atoms with Crippen LogP contribution in [0, 0.1) is 3.57 Å². The van der Waals surface area contributed by atoms with Gasteiger partial charge >= 0.3 is 0 Å². The van der Waals surface area contributed by atoms with Crippen LogP contribution in [0.2, 0.25) is 0 Å². The largest absolute Gasteiger partial charge is 0.298 e.